The van der Waals surface area contributed by atoms with Gasteiger partial charge in [-0.05, 0) is 41.3 Å². The molecule has 0 aliphatic rings. The fraction of sp³-hybridized carbons (Fsp3) is 0.273. The number of nitrogens with one attached hydrogen (secondary N) is 2. The van der Waals surface area contributed by atoms with Gasteiger partial charge < -0.3 is 15.4 Å². The van der Waals surface area contributed by atoms with Crippen molar-refractivity contribution in [2.24, 2.45) is 4.99 Å². The zero-order valence-electron chi connectivity index (χ0n) is 16.4. The second-order valence-corrected chi connectivity index (χ2v) is 6.47. The Morgan fingerprint density at radius 3 is 2.57 bits per heavy atom. The minimum atomic E-state index is 0.717. The first kappa shape index (κ1) is 19.5. The van der Waals surface area contributed by atoms with Crippen LogP contribution in [0.4, 0.5) is 0 Å². The summed E-state index contributed by atoms with van der Waals surface area (Å²) < 4.78 is 7.11. The van der Waals surface area contributed by atoms with Crippen LogP contribution in [0.2, 0.25) is 0 Å². The third kappa shape index (κ3) is 5.87. The standard InChI is InChI=1S/C22H27N5O/c1-23-22(24-13-11-18-7-9-21(28-2)10-8-18)25-16-19-5-3-6-20(15-19)17-27-14-4-12-26-27/h3-10,12,14-15H,11,13,16-17H2,1-2H3,(H2,23,24,25). The topological polar surface area (TPSA) is 63.5 Å². The monoisotopic (exact) mass is 377 g/mol. The van der Waals surface area contributed by atoms with E-state index in [0.717, 1.165) is 37.8 Å². The summed E-state index contributed by atoms with van der Waals surface area (Å²) in [5.74, 6) is 1.68. The summed E-state index contributed by atoms with van der Waals surface area (Å²) in [6, 6.07) is 18.6. The number of hydrogen-bond donors (Lipinski definition) is 2. The molecule has 3 aromatic rings. The summed E-state index contributed by atoms with van der Waals surface area (Å²) in [6.45, 7) is 2.30. The van der Waals surface area contributed by atoms with Crippen molar-refractivity contribution in [3.05, 3.63) is 83.7 Å². The van der Waals surface area contributed by atoms with Crippen LogP contribution in [0.5, 0.6) is 5.75 Å². The molecule has 0 aliphatic carbocycles. The molecule has 1 aromatic heterocycles. The highest BCUT2D eigenvalue weighted by molar-refractivity contribution is 5.79. The zero-order valence-corrected chi connectivity index (χ0v) is 16.4. The van der Waals surface area contributed by atoms with Gasteiger partial charge in [-0.25, -0.2) is 0 Å². The van der Waals surface area contributed by atoms with E-state index in [-0.39, 0.29) is 0 Å². The smallest absolute Gasteiger partial charge is 0.191 e. The molecule has 2 N–H and O–H groups in total. The number of aliphatic imine (C=N–C) groups is 1. The first-order chi connectivity index (χ1) is 13.8. The molecular formula is C22H27N5O. The van der Waals surface area contributed by atoms with Gasteiger partial charge in [0.2, 0.25) is 0 Å². The molecule has 28 heavy (non-hydrogen) atoms. The molecule has 3 rings (SSSR count). The number of benzene rings is 2. The fourth-order valence-corrected chi connectivity index (χ4v) is 2.94. The lowest BCUT2D eigenvalue weighted by Gasteiger charge is -2.13. The van der Waals surface area contributed by atoms with Crippen molar-refractivity contribution in [2.45, 2.75) is 19.5 Å². The van der Waals surface area contributed by atoms with Crippen molar-refractivity contribution in [3.63, 3.8) is 0 Å². The van der Waals surface area contributed by atoms with Crippen LogP contribution >= 0.6 is 0 Å². The highest BCUT2D eigenvalue weighted by Crippen LogP contribution is 2.11. The number of hydrogen-bond acceptors (Lipinski definition) is 3. The summed E-state index contributed by atoms with van der Waals surface area (Å²) in [5.41, 5.74) is 3.70. The number of rotatable bonds is 8. The van der Waals surface area contributed by atoms with E-state index in [9.17, 15) is 0 Å². The maximum Gasteiger partial charge on any atom is 0.191 e. The van der Waals surface area contributed by atoms with Crippen molar-refractivity contribution in [2.75, 3.05) is 20.7 Å². The van der Waals surface area contributed by atoms with Crippen LogP contribution < -0.4 is 15.4 Å². The van der Waals surface area contributed by atoms with E-state index in [0.29, 0.717) is 0 Å². The number of guanidine groups is 1. The average Bonchev–Trinajstić information content (AvgIpc) is 3.24. The van der Waals surface area contributed by atoms with Crippen LogP contribution in [0.1, 0.15) is 16.7 Å². The highest BCUT2D eigenvalue weighted by atomic mass is 16.5. The molecule has 6 nitrogen and oxygen atoms in total. The Morgan fingerprint density at radius 2 is 1.86 bits per heavy atom. The van der Waals surface area contributed by atoms with Gasteiger partial charge in [-0.1, -0.05) is 36.4 Å². The third-order valence-electron chi connectivity index (χ3n) is 4.44. The van der Waals surface area contributed by atoms with Gasteiger partial charge in [0.05, 0.1) is 13.7 Å². The van der Waals surface area contributed by atoms with Crippen LogP contribution in [0, 0.1) is 0 Å². The number of nitrogens with zero attached hydrogens (tertiary/aromatic N) is 3. The summed E-state index contributed by atoms with van der Waals surface area (Å²) in [6.07, 6.45) is 4.69. The Morgan fingerprint density at radius 1 is 1.04 bits per heavy atom. The molecule has 0 spiro atoms. The van der Waals surface area contributed by atoms with E-state index in [4.69, 9.17) is 4.74 Å². The molecule has 2 aromatic carbocycles. The predicted octanol–water partition coefficient (Wildman–Crippen LogP) is 2.85. The zero-order chi connectivity index (χ0) is 19.6. The molecule has 1 heterocycles. The molecule has 0 unspecified atom stereocenters. The largest absolute Gasteiger partial charge is 0.497 e. The summed E-state index contributed by atoms with van der Waals surface area (Å²) in [5, 5.41) is 11.0. The molecule has 0 amide bonds. The molecule has 6 heteroatoms. The Kier molecular flexibility index (Phi) is 7.07. The Hall–Kier alpha value is -3.28. The highest BCUT2D eigenvalue weighted by Gasteiger charge is 2.01. The molecule has 0 saturated heterocycles. The third-order valence-corrected chi connectivity index (χ3v) is 4.44. The van der Waals surface area contributed by atoms with E-state index in [1.807, 2.05) is 29.1 Å². The van der Waals surface area contributed by atoms with Gasteiger partial charge >= 0.3 is 0 Å². The van der Waals surface area contributed by atoms with Crippen LogP contribution in [0.3, 0.4) is 0 Å². The van der Waals surface area contributed by atoms with Gasteiger partial charge in [-0.3, -0.25) is 9.67 Å². The lowest BCUT2D eigenvalue weighted by molar-refractivity contribution is 0.414. The molecule has 0 aliphatic heterocycles. The van der Waals surface area contributed by atoms with E-state index in [2.05, 4.69) is 57.1 Å². The SMILES string of the molecule is CN=C(NCCc1ccc(OC)cc1)NCc1cccc(Cn2cccn2)c1. The van der Waals surface area contributed by atoms with Gasteiger partial charge in [0.25, 0.3) is 0 Å². The lowest BCUT2D eigenvalue weighted by atomic mass is 10.1. The molecule has 0 radical (unpaired) electrons. The van der Waals surface area contributed by atoms with Crippen molar-refractivity contribution in [3.8, 4) is 5.75 Å². The quantitative estimate of drug-likeness (QED) is 0.468. The van der Waals surface area contributed by atoms with Crippen LogP contribution in [0.25, 0.3) is 0 Å². The van der Waals surface area contributed by atoms with Gasteiger partial charge in [0.1, 0.15) is 5.75 Å². The summed E-state index contributed by atoms with van der Waals surface area (Å²) >= 11 is 0. The molecular weight excluding hydrogens is 350 g/mol. The normalized spacial score (nSPS) is 11.3. The molecule has 0 atom stereocenters. The molecule has 0 saturated carbocycles. The molecule has 0 fully saturated rings. The van der Waals surface area contributed by atoms with Crippen LogP contribution in [-0.2, 0) is 19.5 Å². The maximum absolute atomic E-state index is 5.19. The van der Waals surface area contributed by atoms with Crippen LogP contribution in [-0.4, -0.2) is 36.4 Å². The molecule has 0 bridgehead atoms. The number of methoxy groups -OCH3 is 1. The average molecular weight is 377 g/mol. The van der Waals surface area contributed by atoms with E-state index in [1.165, 1.54) is 16.7 Å². The lowest BCUT2D eigenvalue weighted by Crippen LogP contribution is -2.37. The Labute approximate surface area is 166 Å². The Balaban J connectivity index is 1.45. The van der Waals surface area contributed by atoms with Gasteiger partial charge in [0, 0.05) is 32.5 Å². The minimum Gasteiger partial charge on any atom is -0.497 e. The summed E-state index contributed by atoms with van der Waals surface area (Å²) in [7, 11) is 3.47. The minimum absolute atomic E-state index is 0.717. The second-order valence-electron chi connectivity index (χ2n) is 6.47. The maximum atomic E-state index is 5.19. The first-order valence-corrected chi connectivity index (χ1v) is 9.39. The summed E-state index contributed by atoms with van der Waals surface area (Å²) in [4.78, 5) is 4.31. The first-order valence-electron chi connectivity index (χ1n) is 9.39. The van der Waals surface area contributed by atoms with E-state index >= 15 is 0 Å². The predicted molar refractivity (Wildman–Crippen MR) is 113 cm³/mol. The van der Waals surface area contributed by atoms with Crippen LogP contribution in [0.15, 0.2) is 72.0 Å². The van der Waals surface area contributed by atoms with Crippen molar-refractivity contribution >= 4 is 5.96 Å². The molecule has 146 valence electrons. The van der Waals surface area contributed by atoms with Gasteiger partial charge in [-0.2, -0.15) is 5.10 Å². The van der Waals surface area contributed by atoms with Gasteiger partial charge in [-0.15, -0.1) is 0 Å². The fourth-order valence-electron chi connectivity index (χ4n) is 2.94. The Bertz CT molecular complexity index is 872. The van der Waals surface area contributed by atoms with E-state index < -0.39 is 0 Å². The van der Waals surface area contributed by atoms with Crippen molar-refractivity contribution in [1.29, 1.82) is 0 Å². The van der Waals surface area contributed by atoms with E-state index in [1.54, 1.807) is 20.4 Å². The van der Waals surface area contributed by atoms with Crippen molar-refractivity contribution < 1.29 is 4.74 Å². The van der Waals surface area contributed by atoms with Crippen molar-refractivity contribution in [1.82, 2.24) is 20.4 Å². The second kappa shape index (κ2) is 10.2. The number of aromatic nitrogens is 2. The number of ether oxygens (including phenoxy) is 1. The van der Waals surface area contributed by atoms with Gasteiger partial charge in [0.15, 0.2) is 5.96 Å².